The van der Waals surface area contributed by atoms with Crippen molar-refractivity contribution in [2.75, 3.05) is 26.3 Å². The van der Waals surface area contributed by atoms with Gasteiger partial charge in [0.1, 0.15) is 12.4 Å². The van der Waals surface area contributed by atoms with Gasteiger partial charge in [-0.15, -0.1) is 5.10 Å². The lowest BCUT2D eigenvalue weighted by atomic mass is 10.1. The summed E-state index contributed by atoms with van der Waals surface area (Å²) in [5, 5.41) is 7.65. The van der Waals surface area contributed by atoms with Crippen molar-refractivity contribution in [1.29, 1.82) is 0 Å². The Bertz CT molecular complexity index is 352. The van der Waals surface area contributed by atoms with Crippen molar-refractivity contribution in [2.45, 2.75) is 18.9 Å². The molecule has 0 spiro atoms. The molecule has 0 aromatic carbocycles. The lowest BCUT2D eigenvalue weighted by Gasteiger charge is -2.31. The first-order valence-corrected chi connectivity index (χ1v) is 5.49. The van der Waals surface area contributed by atoms with Crippen molar-refractivity contribution >= 4 is 6.29 Å². The number of carbonyl (C=O) groups is 1. The van der Waals surface area contributed by atoms with Gasteiger partial charge in [-0.25, -0.2) is 9.07 Å². The van der Waals surface area contributed by atoms with E-state index in [4.69, 9.17) is 0 Å². The SMILES string of the molecule is O=Cc1cn(C2CCCN(CCF)C2)nn1. The molecule has 1 saturated heterocycles. The number of carbonyl (C=O) groups excluding carboxylic acids is 1. The van der Waals surface area contributed by atoms with Crippen LogP contribution in [-0.2, 0) is 0 Å². The topological polar surface area (TPSA) is 51.0 Å². The minimum absolute atomic E-state index is 0.210. The maximum absolute atomic E-state index is 12.2. The molecular weight excluding hydrogens is 211 g/mol. The third-order valence-corrected chi connectivity index (χ3v) is 2.90. The number of hydrogen-bond acceptors (Lipinski definition) is 4. The van der Waals surface area contributed by atoms with E-state index in [0.717, 1.165) is 25.9 Å². The number of likely N-dealkylation sites (tertiary alicyclic amines) is 1. The summed E-state index contributed by atoms with van der Waals surface area (Å²) < 4.78 is 14.0. The molecule has 1 fully saturated rings. The smallest absolute Gasteiger partial charge is 0.171 e. The van der Waals surface area contributed by atoms with E-state index < -0.39 is 0 Å². The number of nitrogens with zero attached hydrogens (tertiary/aromatic N) is 4. The standard InChI is InChI=1S/C10H15FN4O/c11-3-5-14-4-1-2-10(7-14)15-6-9(8-16)12-13-15/h6,8,10H,1-5,7H2. The molecule has 0 radical (unpaired) electrons. The van der Waals surface area contributed by atoms with Crippen molar-refractivity contribution in [1.82, 2.24) is 19.9 Å². The Labute approximate surface area is 93.2 Å². The maximum Gasteiger partial charge on any atom is 0.171 e. The summed E-state index contributed by atoms with van der Waals surface area (Å²) >= 11 is 0. The molecule has 6 heteroatoms. The molecule has 2 rings (SSSR count). The van der Waals surface area contributed by atoms with Crippen LogP contribution in [0.25, 0.3) is 0 Å². The number of alkyl halides is 1. The van der Waals surface area contributed by atoms with E-state index in [9.17, 15) is 9.18 Å². The molecule has 1 unspecified atom stereocenters. The van der Waals surface area contributed by atoms with E-state index in [1.165, 1.54) is 0 Å². The largest absolute Gasteiger partial charge is 0.299 e. The zero-order chi connectivity index (χ0) is 11.4. The zero-order valence-corrected chi connectivity index (χ0v) is 9.05. The molecule has 1 aromatic rings. The van der Waals surface area contributed by atoms with Gasteiger partial charge in [0.25, 0.3) is 0 Å². The van der Waals surface area contributed by atoms with Crippen LogP contribution < -0.4 is 0 Å². The quantitative estimate of drug-likeness (QED) is 0.709. The Hall–Kier alpha value is -1.30. The lowest BCUT2D eigenvalue weighted by Crippen LogP contribution is -2.37. The second-order valence-corrected chi connectivity index (χ2v) is 4.03. The molecule has 0 saturated carbocycles. The van der Waals surface area contributed by atoms with Gasteiger partial charge in [0, 0.05) is 13.1 Å². The van der Waals surface area contributed by atoms with E-state index in [2.05, 4.69) is 15.2 Å². The van der Waals surface area contributed by atoms with Gasteiger partial charge in [-0.1, -0.05) is 5.21 Å². The molecule has 1 atom stereocenters. The Kier molecular flexibility index (Phi) is 3.61. The first-order valence-electron chi connectivity index (χ1n) is 5.49. The van der Waals surface area contributed by atoms with E-state index >= 15 is 0 Å². The van der Waals surface area contributed by atoms with E-state index in [0.29, 0.717) is 18.5 Å². The van der Waals surface area contributed by atoms with Crippen LogP contribution in [0.15, 0.2) is 6.20 Å². The minimum atomic E-state index is -0.316. The van der Waals surface area contributed by atoms with Crippen molar-refractivity contribution in [3.63, 3.8) is 0 Å². The van der Waals surface area contributed by atoms with Crippen molar-refractivity contribution in [3.8, 4) is 0 Å². The van der Waals surface area contributed by atoms with E-state index in [-0.39, 0.29) is 12.7 Å². The molecule has 1 aromatic heterocycles. The van der Waals surface area contributed by atoms with Crippen LogP contribution in [0.1, 0.15) is 29.4 Å². The molecule has 2 heterocycles. The number of aromatic nitrogens is 3. The van der Waals surface area contributed by atoms with Crippen LogP contribution in [0.5, 0.6) is 0 Å². The van der Waals surface area contributed by atoms with Crippen LogP contribution in [0.3, 0.4) is 0 Å². The molecule has 0 amide bonds. The summed E-state index contributed by atoms with van der Waals surface area (Å²) in [4.78, 5) is 12.6. The average molecular weight is 226 g/mol. The van der Waals surface area contributed by atoms with Gasteiger partial charge in [0.05, 0.1) is 12.2 Å². The summed E-state index contributed by atoms with van der Waals surface area (Å²) in [6, 6.07) is 0.210. The fourth-order valence-corrected chi connectivity index (χ4v) is 2.09. The highest BCUT2D eigenvalue weighted by Gasteiger charge is 2.21. The lowest BCUT2D eigenvalue weighted by molar-refractivity contribution is 0.111. The highest BCUT2D eigenvalue weighted by Crippen LogP contribution is 2.20. The second-order valence-electron chi connectivity index (χ2n) is 4.03. The second kappa shape index (κ2) is 5.16. The summed E-state index contributed by atoms with van der Waals surface area (Å²) in [6.45, 7) is 1.89. The summed E-state index contributed by atoms with van der Waals surface area (Å²) in [7, 11) is 0. The van der Waals surface area contributed by atoms with E-state index in [1.54, 1.807) is 10.9 Å². The molecule has 5 nitrogen and oxygen atoms in total. The Morgan fingerprint density at radius 1 is 1.62 bits per heavy atom. The van der Waals surface area contributed by atoms with Gasteiger partial charge in [-0.05, 0) is 19.4 Å². The van der Waals surface area contributed by atoms with E-state index in [1.807, 2.05) is 0 Å². The minimum Gasteiger partial charge on any atom is -0.299 e. The number of halogens is 1. The van der Waals surface area contributed by atoms with Crippen LogP contribution in [0, 0.1) is 0 Å². The average Bonchev–Trinajstić information content (AvgIpc) is 2.78. The number of hydrogen-bond donors (Lipinski definition) is 0. The third-order valence-electron chi connectivity index (χ3n) is 2.90. The summed E-state index contributed by atoms with van der Waals surface area (Å²) in [6.07, 6.45) is 4.37. The van der Waals surface area contributed by atoms with Gasteiger partial charge in [-0.2, -0.15) is 0 Å². The summed E-state index contributed by atoms with van der Waals surface area (Å²) in [5.74, 6) is 0. The predicted octanol–water partition coefficient (Wildman–Crippen LogP) is 0.697. The number of aldehydes is 1. The molecule has 16 heavy (non-hydrogen) atoms. The molecule has 88 valence electrons. The van der Waals surface area contributed by atoms with Crippen LogP contribution in [0.4, 0.5) is 4.39 Å². The fraction of sp³-hybridized carbons (Fsp3) is 0.700. The molecule has 1 aliphatic heterocycles. The van der Waals surface area contributed by atoms with Gasteiger partial charge in [0.15, 0.2) is 6.29 Å². The van der Waals surface area contributed by atoms with Crippen LogP contribution in [-0.4, -0.2) is 52.5 Å². The molecular formula is C10H15FN4O. The first-order chi connectivity index (χ1) is 7.83. The van der Waals surface area contributed by atoms with Gasteiger partial charge in [0.2, 0.25) is 0 Å². The predicted molar refractivity (Wildman–Crippen MR) is 56.1 cm³/mol. The van der Waals surface area contributed by atoms with Crippen LogP contribution in [0.2, 0.25) is 0 Å². The summed E-state index contributed by atoms with van der Waals surface area (Å²) in [5.41, 5.74) is 0.350. The molecule has 0 N–H and O–H groups in total. The number of rotatable bonds is 4. The van der Waals surface area contributed by atoms with Crippen molar-refractivity contribution in [2.24, 2.45) is 0 Å². The Morgan fingerprint density at radius 3 is 3.19 bits per heavy atom. The maximum atomic E-state index is 12.2. The third kappa shape index (κ3) is 2.44. The van der Waals surface area contributed by atoms with Crippen LogP contribution >= 0.6 is 0 Å². The normalized spacial score (nSPS) is 22.2. The van der Waals surface area contributed by atoms with Gasteiger partial charge >= 0.3 is 0 Å². The highest BCUT2D eigenvalue weighted by atomic mass is 19.1. The Morgan fingerprint density at radius 2 is 2.50 bits per heavy atom. The van der Waals surface area contributed by atoms with Gasteiger partial charge < -0.3 is 0 Å². The van der Waals surface area contributed by atoms with Gasteiger partial charge in [-0.3, -0.25) is 9.69 Å². The molecule has 0 bridgehead atoms. The highest BCUT2D eigenvalue weighted by molar-refractivity contribution is 5.70. The molecule has 1 aliphatic rings. The monoisotopic (exact) mass is 226 g/mol. The number of piperidine rings is 1. The fourth-order valence-electron chi connectivity index (χ4n) is 2.09. The Balaban J connectivity index is 2.00. The van der Waals surface area contributed by atoms with Crippen molar-refractivity contribution in [3.05, 3.63) is 11.9 Å². The van der Waals surface area contributed by atoms with Crippen molar-refractivity contribution < 1.29 is 9.18 Å². The first kappa shape index (κ1) is 11.2. The zero-order valence-electron chi connectivity index (χ0n) is 9.05. The molecule has 0 aliphatic carbocycles.